The van der Waals surface area contributed by atoms with Gasteiger partial charge in [-0.2, -0.15) is 0 Å². The van der Waals surface area contributed by atoms with Crippen LogP contribution in [0, 0.1) is 12.3 Å². The lowest BCUT2D eigenvalue weighted by Gasteiger charge is -2.21. The van der Waals surface area contributed by atoms with Crippen LogP contribution in [0.3, 0.4) is 0 Å². The van der Waals surface area contributed by atoms with Crippen LogP contribution in [0.15, 0.2) is 24.4 Å². The first kappa shape index (κ1) is 9.95. The Bertz CT molecular complexity index is 426. The minimum Gasteiger partial charge on any atom is -0.302 e. The Balaban J connectivity index is 2.27. The van der Waals surface area contributed by atoms with Crippen LogP contribution in [-0.4, -0.2) is 30.0 Å². The van der Waals surface area contributed by atoms with Gasteiger partial charge in [-0.15, -0.1) is 6.42 Å². The smallest absolute Gasteiger partial charge is 0.0671 e. The standard InChI is InChI=1S/C13H14N2/c1-3-11-4-7-14-13(10-11)12-5-8-15(2)9-6-12/h1,4-5,7,10H,6,8-9H2,2H3. The van der Waals surface area contributed by atoms with Gasteiger partial charge in [0.05, 0.1) is 5.69 Å². The van der Waals surface area contributed by atoms with Crippen molar-refractivity contribution in [3.8, 4) is 12.3 Å². The third-order valence-electron chi connectivity index (χ3n) is 2.67. The molecule has 2 nitrogen and oxygen atoms in total. The monoisotopic (exact) mass is 198 g/mol. The minimum atomic E-state index is 0.903. The van der Waals surface area contributed by atoms with Crippen molar-refractivity contribution in [3.05, 3.63) is 35.7 Å². The summed E-state index contributed by atoms with van der Waals surface area (Å²) >= 11 is 0. The lowest BCUT2D eigenvalue weighted by molar-refractivity contribution is 0.370. The van der Waals surface area contributed by atoms with E-state index in [1.54, 1.807) is 6.20 Å². The Hall–Kier alpha value is -1.59. The molecule has 0 amide bonds. The number of rotatable bonds is 1. The van der Waals surface area contributed by atoms with Gasteiger partial charge in [0.2, 0.25) is 0 Å². The van der Waals surface area contributed by atoms with Gasteiger partial charge in [-0.3, -0.25) is 4.98 Å². The number of hydrogen-bond acceptors (Lipinski definition) is 2. The Kier molecular flexibility index (Phi) is 2.84. The van der Waals surface area contributed by atoms with Gasteiger partial charge in [0.1, 0.15) is 0 Å². The highest BCUT2D eigenvalue weighted by Gasteiger charge is 2.10. The molecule has 0 N–H and O–H groups in total. The topological polar surface area (TPSA) is 16.1 Å². The maximum Gasteiger partial charge on any atom is 0.0671 e. The van der Waals surface area contributed by atoms with E-state index in [4.69, 9.17) is 6.42 Å². The average molecular weight is 198 g/mol. The van der Waals surface area contributed by atoms with Gasteiger partial charge in [0.15, 0.2) is 0 Å². The van der Waals surface area contributed by atoms with Gasteiger partial charge in [0, 0.05) is 24.8 Å². The Morgan fingerprint density at radius 2 is 2.40 bits per heavy atom. The van der Waals surface area contributed by atoms with E-state index in [1.165, 1.54) is 5.57 Å². The van der Waals surface area contributed by atoms with Crippen LogP contribution < -0.4 is 0 Å². The van der Waals surface area contributed by atoms with E-state index < -0.39 is 0 Å². The summed E-state index contributed by atoms with van der Waals surface area (Å²) in [5.74, 6) is 2.64. The number of aromatic nitrogens is 1. The predicted octanol–water partition coefficient (Wildman–Crippen LogP) is 1.78. The molecule has 1 aliphatic heterocycles. The lowest BCUT2D eigenvalue weighted by Crippen LogP contribution is -2.23. The quantitative estimate of drug-likeness (QED) is 0.639. The van der Waals surface area contributed by atoms with Gasteiger partial charge in [-0.25, -0.2) is 0 Å². The summed E-state index contributed by atoms with van der Waals surface area (Å²) in [6.07, 6.45) is 10.4. The molecule has 2 heterocycles. The summed E-state index contributed by atoms with van der Waals surface area (Å²) in [4.78, 5) is 6.64. The molecule has 15 heavy (non-hydrogen) atoms. The van der Waals surface area contributed by atoms with Crippen LogP contribution in [0.4, 0.5) is 0 Å². The van der Waals surface area contributed by atoms with Gasteiger partial charge in [0.25, 0.3) is 0 Å². The molecule has 0 unspecified atom stereocenters. The molecular formula is C13H14N2. The second kappa shape index (κ2) is 4.29. The summed E-state index contributed by atoms with van der Waals surface area (Å²) in [6, 6.07) is 3.84. The largest absolute Gasteiger partial charge is 0.302 e. The van der Waals surface area contributed by atoms with Crippen molar-refractivity contribution in [2.45, 2.75) is 6.42 Å². The molecule has 0 spiro atoms. The van der Waals surface area contributed by atoms with Crippen molar-refractivity contribution in [1.29, 1.82) is 0 Å². The van der Waals surface area contributed by atoms with Crippen molar-refractivity contribution in [3.63, 3.8) is 0 Å². The van der Waals surface area contributed by atoms with Gasteiger partial charge in [-0.1, -0.05) is 12.0 Å². The van der Waals surface area contributed by atoms with Gasteiger partial charge < -0.3 is 4.90 Å². The highest BCUT2D eigenvalue weighted by atomic mass is 15.1. The summed E-state index contributed by atoms with van der Waals surface area (Å²) in [5.41, 5.74) is 3.24. The molecule has 0 aliphatic carbocycles. The third kappa shape index (κ3) is 2.26. The molecular weight excluding hydrogens is 184 g/mol. The van der Waals surface area contributed by atoms with Crippen molar-refractivity contribution in [2.75, 3.05) is 20.1 Å². The molecule has 2 rings (SSSR count). The molecule has 0 saturated heterocycles. The SMILES string of the molecule is C#Cc1ccnc(C2=CCN(C)CC2)c1. The number of nitrogens with zero attached hydrogens (tertiary/aromatic N) is 2. The normalized spacial score (nSPS) is 16.9. The van der Waals surface area contributed by atoms with Crippen molar-refractivity contribution < 1.29 is 0 Å². The molecule has 0 fully saturated rings. The van der Waals surface area contributed by atoms with Crippen LogP contribution in [-0.2, 0) is 0 Å². The predicted molar refractivity (Wildman–Crippen MR) is 62.3 cm³/mol. The number of pyridine rings is 1. The van der Waals surface area contributed by atoms with Crippen LogP contribution in [0.1, 0.15) is 17.7 Å². The molecule has 1 aromatic heterocycles. The molecule has 0 saturated carbocycles. The van der Waals surface area contributed by atoms with Crippen LogP contribution in [0.25, 0.3) is 5.57 Å². The van der Waals surface area contributed by atoms with Crippen molar-refractivity contribution in [1.82, 2.24) is 9.88 Å². The van der Waals surface area contributed by atoms with Crippen molar-refractivity contribution in [2.24, 2.45) is 0 Å². The fraction of sp³-hybridized carbons (Fsp3) is 0.308. The number of likely N-dealkylation sites (N-methyl/N-ethyl adjacent to an activating group) is 1. The van der Waals surface area contributed by atoms with E-state index in [9.17, 15) is 0 Å². The van der Waals surface area contributed by atoms with E-state index in [1.807, 2.05) is 12.1 Å². The molecule has 0 aromatic carbocycles. The third-order valence-corrected chi connectivity index (χ3v) is 2.67. The van der Waals surface area contributed by atoms with E-state index >= 15 is 0 Å². The summed E-state index contributed by atoms with van der Waals surface area (Å²) in [6.45, 7) is 2.09. The highest BCUT2D eigenvalue weighted by Crippen LogP contribution is 2.20. The zero-order valence-corrected chi connectivity index (χ0v) is 8.90. The van der Waals surface area contributed by atoms with Gasteiger partial charge >= 0.3 is 0 Å². The zero-order chi connectivity index (χ0) is 10.7. The Morgan fingerprint density at radius 3 is 3.07 bits per heavy atom. The maximum absolute atomic E-state index is 5.36. The summed E-state index contributed by atoms with van der Waals surface area (Å²) in [7, 11) is 2.12. The van der Waals surface area contributed by atoms with E-state index in [0.29, 0.717) is 0 Å². The first-order valence-electron chi connectivity index (χ1n) is 5.10. The van der Waals surface area contributed by atoms with E-state index in [0.717, 1.165) is 30.8 Å². The van der Waals surface area contributed by atoms with Crippen LogP contribution in [0.2, 0.25) is 0 Å². The number of terminal acetylenes is 1. The van der Waals surface area contributed by atoms with Crippen LogP contribution >= 0.6 is 0 Å². The Morgan fingerprint density at radius 1 is 1.53 bits per heavy atom. The second-order valence-corrected chi connectivity index (χ2v) is 3.82. The number of hydrogen-bond donors (Lipinski definition) is 0. The van der Waals surface area contributed by atoms with E-state index in [-0.39, 0.29) is 0 Å². The summed E-state index contributed by atoms with van der Waals surface area (Å²) < 4.78 is 0. The zero-order valence-electron chi connectivity index (χ0n) is 8.90. The molecule has 76 valence electrons. The molecule has 0 bridgehead atoms. The van der Waals surface area contributed by atoms with Gasteiger partial charge in [-0.05, 0) is 31.2 Å². The molecule has 1 aromatic rings. The average Bonchev–Trinajstić information content (AvgIpc) is 2.30. The molecule has 2 heteroatoms. The van der Waals surface area contributed by atoms with E-state index in [2.05, 4.69) is 28.9 Å². The molecule has 0 atom stereocenters. The summed E-state index contributed by atoms with van der Waals surface area (Å²) in [5, 5.41) is 0. The molecule has 0 radical (unpaired) electrons. The fourth-order valence-electron chi connectivity index (χ4n) is 1.70. The molecule has 1 aliphatic rings. The first-order valence-corrected chi connectivity index (χ1v) is 5.10. The Labute approximate surface area is 90.6 Å². The fourth-order valence-corrected chi connectivity index (χ4v) is 1.70. The van der Waals surface area contributed by atoms with Crippen LogP contribution in [0.5, 0.6) is 0 Å². The maximum atomic E-state index is 5.36. The second-order valence-electron chi connectivity index (χ2n) is 3.82. The highest BCUT2D eigenvalue weighted by molar-refractivity contribution is 5.64. The van der Waals surface area contributed by atoms with Crippen molar-refractivity contribution >= 4 is 5.57 Å². The first-order chi connectivity index (χ1) is 7.29. The minimum absolute atomic E-state index is 0.903. The lowest BCUT2D eigenvalue weighted by atomic mass is 10.0.